The average Bonchev–Trinajstić information content (AvgIpc) is 3.31. The van der Waals surface area contributed by atoms with Crippen LogP contribution in [0.2, 0.25) is 0 Å². The van der Waals surface area contributed by atoms with Gasteiger partial charge >= 0.3 is 0 Å². The first kappa shape index (κ1) is 22.7. The fraction of sp³-hybridized carbons (Fsp3) is 0.519. The summed E-state index contributed by atoms with van der Waals surface area (Å²) in [6.45, 7) is 2.12. The van der Waals surface area contributed by atoms with Crippen molar-refractivity contribution in [2.24, 2.45) is 10.9 Å². The molecule has 0 aromatic heterocycles. The van der Waals surface area contributed by atoms with Crippen molar-refractivity contribution in [1.82, 2.24) is 5.32 Å². The third kappa shape index (κ3) is 4.74. The van der Waals surface area contributed by atoms with Crippen LogP contribution in [0.1, 0.15) is 67.9 Å². The number of anilines is 1. The van der Waals surface area contributed by atoms with Crippen molar-refractivity contribution in [1.29, 1.82) is 5.26 Å². The Morgan fingerprint density at radius 3 is 2.68 bits per heavy atom. The zero-order valence-corrected chi connectivity index (χ0v) is 19.4. The van der Waals surface area contributed by atoms with E-state index in [1.54, 1.807) is 12.1 Å². The normalized spacial score (nSPS) is 25.4. The van der Waals surface area contributed by atoms with E-state index in [-0.39, 0.29) is 24.1 Å². The Morgan fingerprint density at radius 1 is 1.15 bits per heavy atom. The lowest BCUT2D eigenvalue weighted by Crippen LogP contribution is -2.37. The number of allylic oxidation sites excluding steroid dienone is 3. The molecule has 0 bridgehead atoms. The quantitative estimate of drug-likeness (QED) is 0.622. The number of nitrogens with one attached hydrogen (secondary N) is 2. The summed E-state index contributed by atoms with van der Waals surface area (Å²) < 4.78 is 6.00. The van der Waals surface area contributed by atoms with Crippen molar-refractivity contribution in [2.45, 2.75) is 62.9 Å². The summed E-state index contributed by atoms with van der Waals surface area (Å²) in [5, 5.41) is 26.5. The molecule has 2 atom stereocenters. The van der Waals surface area contributed by atoms with E-state index in [9.17, 15) is 15.2 Å². The first-order chi connectivity index (χ1) is 16.6. The smallest absolute Gasteiger partial charge is 0.267 e. The molecule has 7 heteroatoms. The van der Waals surface area contributed by atoms with E-state index in [1.165, 1.54) is 12.8 Å². The minimum atomic E-state index is -0.750. The monoisotopic (exact) mass is 460 g/mol. The van der Waals surface area contributed by atoms with Gasteiger partial charge in [-0.3, -0.25) is 9.79 Å². The highest BCUT2D eigenvalue weighted by atomic mass is 16.5. The first-order valence-corrected chi connectivity index (χ1v) is 12.5. The minimum absolute atomic E-state index is 0.217. The molecule has 1 saturated carbocycles. The topological polar surface area (TPSA) is 107 Å². The summed E-state index contributed by atoms with van der Waals surface area (Å²) in [6, 6.07) is 6.13. The van der Waals surface area contributed by atoms with Crippen LogP contribution in [-0.2, 0) is 9.53 Å². The van der Waals surface area contributed by atoms with Crippen LogP contribution in [0.4, 0.5) is 5.69 Å². The van der Waals surface area contributed by atoms with Gasteiger partial charge in [0.15, 0.2) is 6.10 Å². The second kappa shape index (κ2) is 10.0. The van der Waals surface area contributed by atoms with Gasteiger partial charge in [0, 0.05) is 11.8 Å². The number of hydrogen-bond acceptors (Lipinski definition) is 6. The Bertz CT molecular complexity index is 1070. The highest BCUT2D eigenvalue weighted by Gasteiger charge is 2.30. The molecule has 2 aliphatic heterocycles. The first-order valence-electron chi connectivity index (χ1n) is 12.5. The van der Waals surface area contributed by atoms with Gasteiger partial charge in [0.05, 0.1) is 24.2 Å². The predicted molar refractivity (Wildman–Crippen MR) is 131 cm³/mol. The van der Waals surface area contributed by atoms with E-state index in [0.29, 0.717) is 35.4 Å². The highest BCUT2D eigenvalue weighted by molar-refractivity contribution is 6.08. The molecule has 2 fully saturated rings. The molecule has 1 aromatic carbocycles. The number of ether oxygens (including phenoxy) is 1. The summed E-state index contributed by atoms with van der Waals surface area (Å²) in [6.07, 6.45) is 11.9. The van der Waals surface area contributed by atoms with E-state index >= 15 is 0 Å². The largest absolute Gasteiger partial charge is 0.508 e. The van der Waals surface area contributed by atoms with E-state index in [2.05, 4.69) is 27.8 Å². The lowest BCUT2D eigenvalue weighted by atomic mass is 9.85. The zero-order valence-electron chi connectivity index (χ0n) is 19.4. The number of piperidine rings is 1. The molecule has 7 nitrogen and oxygen atoms in total. The average molecular weight is 461 g/mol. The van der Waals surface area contributed by atoms with Crippen LogP contribution in [0.15, 0.2) is 41.1 Å². The lowest BCUT2D eigenvalue weighted by molar-refractivity contribution is -0.124. The predicted octanol–water partition coefficient (Wildman–Crippen LogP) is 4.28. The number of nitrogens with zero attached hydrogens (tertiary/aromatic N) is 2. The molecule has 2 aliphatic carbocycles. The van der Waals surface area contributed by atoms with Crippen LogP contribution in [0, 0.1) is 17.2 Å². The van der Waals surface area contributed by atoms with Gasteiger partial charge in [0.1, 0.15) is 11.5 Å². The van der Waals surface area contributed by atoms with Crippen molar-refractivity contribution in [3.63, 3.8) is 0 Å². The van der Waals surface area contributed by atoms with Gasteiger partial charge in [-0.15, -0.1) is 0 Å². The number of hydrogen-bond donors (Lipinski definition) is 3. The molecule has 0 spiro atoms. The third-order valence-corrected chi connectivity index (χ3v) is 7.48. The van der Waals surface area contributed by atoms with Crippen molar-refractivity contribution in [3.05, 3.63) is 47.2 Å². The van der Waals surface area contributed by atoms with Gasteiger partial charge in [-0.2, -0.15) is 5.26 Å². The number of carbonyl (C=O) groups excluding carboxylic acids is 1. The number of amides is 1. The third-order valence-electron chi connectivity index (χ3n) is 7.48. The number of phenols is 1. The highest BCUT2D eigenvalue weighted by Crippen LogP contribution is 2.43. The molecule has 34 heavy (non-hydrogen) atoms. The number of fused-ring (bicyclic) bond motifs is 1. The summed E-state index contributed by atoms with van der Waals surface area (Å²) in [5.74, 6) is 1.07. The summed E-state index contributed by atoms with van der Waals surface area (Å²) in [4.78, 5) is 17.8. The number of rotatable bonds is 4. The fourth-order valence-electron chi connectivity index (χ4n) is 5.53. The molecule has 0 radical (unpaired) electrons. The molecule has 178 valence electrons. The Balaban J connectivity index is 1.38. The summed E-state index contributed by atoms with van der Waals surface area (Å²) >= 11 is 0. The second-order valence-electron chi connectivity index (χ2n) is 9.72. The number of benzene rings is 1. The maximum Gasteiger partial charge on any atom is 0.267 e. The molecular weight excluding hydrogens is 428 g/mol. The van der Waals surface area contributed by atoms with Crippen LogP contribution in [0.25, 0.3) is 0 Å². The lowest BCUT2D eigenvalue weighted by Gasteiger charge is -2.28. The molecule has 3 N–H and O–H groups in total. The molecule has 1 amide bonds. The van der Waals surface area contributed by atoms with E-state index in [0.717, 1.165) is 49.9 Å². The van der Waals surface area contributed by atoms with Gasteiger partial charge in [-0.05, 0) is 86.4 Å². The van der Waals surface area contributed by atoms with Crippen molar-refractivity contribution >= 4 is 17.3 Å². The van der Waals surface area contributed by atoms with Crippen molar-refractivity contribution in [3.8, 4) is 11.8 Å². The number of nitriles is 1. The molecular formula is C27H32N4O3. The molecule has 2 heterocycles. The van der Waals surface area contributed by atoms with Crippen LogP contribution < -0.4 is 10.6 Å². The maximum absolute atomic E-state index is 13.2. The van der Waals surface area contributed by atoms with Gasteiger partial charge in [0.25, 0.3) is 5.91 Å². The van der Waals surface area contributed by atoms with Gasteiger partial charge in [0.2, 0.25) is 0 Å². The molecule has 1 saturated heterocycles. The van der Waals surface area contributed by atoms with Crippen LogP contribution in [0.5, 0.6) is 5.75 Å². The van der Waals surface area contributed by atoms with E-state index < -0.39 is 6.10 Å². The van der Waals surface area contributed by atoms with Crippen molar-refractivity contribution in [2.75, 3.05) is 25.0 Å². The van der Waals surface area contributed by atoms with Gasteiger partial charge in [-0.1, -0.05) is 18.9 Å². The number of carbonyl (C=O) groups is 1. The summed E-state index contributed by atoms with van der Waals surface area (Å²) in [7, 11) is 0. The number of aromatic hydroxyl groups is 1. The van der Waals surface area contributed by atoms with Gasteiger partial charge < -0.3 is 20.5 Å². The van der Waals surface area contributed by atoms with E-state index in [1.807, 2.05) is 12.2 Å². The maximum atomic E-state index is 13.2. The Kier molecular flexibility index (Phi) is 6.68. The minimum Gasteiger partial charge on any atom is -0.508 e. The fourth-order valence-corrected chi connectivity index (χ4v) is 5.53. The molecule has 1 aromatic rings. The Hall–Kier alpha value is -3.11. The SMILES string of the molecule is N#CC1C=CC2=NCC(C(=O)Nc3cc(O)c(C4CCCC4)cc3C3CCNCC3)OC2=CC1. The molecule has 4 aliphatic rings. The molecule has 2 unspecified atom stereocenters. The van der Waals surface area contributed by atoms with E-state index in [4.69, 9.17) is 4.74 Å². The number of phenolic OH excluding ortho intramolecular Hbond substituents is 1. The molecule has 5 rings (SSSR count). The summed E-state index contributed by atoms with van der Waals surface area (Å²) in [5.41, 5.74) is 3.49. The van der Waals surface area contributed by atoms with Gasteiger partial charge in [-0.25, -0.2) is 0 Å². The van der Waals surface area contributed by atoms with Crippen LogP contribution in [-0.4, -0.2) is 42.5 Å². The number of aliphatic imine (C=N–C) groups is 1. The second-order valence-corrected chi connectivity index (χ2v) is 9.72. The van der Waals surface area contributed by atoms with Crippen LogP contribution in [0.3, 0.4) is 0 Å². The Morgan fingerprint density at radius 2 is 1.91 bits per heavy atom. The van der Waals surface area contributed by atoms with Crippen molar-refractivity contribution < 1.29 is 14.6 Å². The zero-order chi connectivity index (χ0) is 23.5. The standard InChI is InChI=1S/C27H32N4O3/c28-15-17-5-7-22-25(8-6-17)34-26(16-30-22)27(33)31-23-14-24(32)21(18-3-1-2-4-18)13-20(23)19-9-11-29-12-10-19/h5,7-8,13-14,17-19,26,29,32H,1-4,6,9-12,16H2,(H,31,33). The Labute approximate surface area is 200 Å². The van der Waals surface area contributed by atoms with Crippen LogP contribution >= 0.6 is 0 Å².